The van der Waals surface area contributed by atoms with E-state index in [0.29, 0.717) is 0 Å². The van der Waals surface area contributed by atoms with Gasteiger partial charge in [0, 0.05) is 15.1 Å². The van der Waals surface area contributed by atoms with E-state index in [2.05, 4.69) is 56.3 Å². The lowest BCUT2D eigenvalue weighted by Crippen LogP contribution is -1.86. The molecule has 0 atom stereocenters. The first-order chi connectivity index (χ1) is 9.20. The molecule has 0 aliphatic carbocycles. The first-order valence-corrected chi connectivity index (χ1v) is 7.15. The van der Waals surface area contributed by atoms with E-state index in [4.69, 9.17) is 4.74 Å². The van der Waals surface area contributed by atoms with E-state index < -0.39 is 0 Å². The van der Waals surface area contributed by atoms with Crippen LogP contribution in [0.3, 0.4) is 0 Å². The van der Waals surface area contributed by atoms with Crippen LogP contribution in [0.1, 0.15) is 10.4 Å². The minimum Gasteiger partial charge on any atom is -0.496 e. The topological polar surface area (TPSA) is 9.23 Å². The van der Waals surface area contributed by atoms with Gasteiger partial charge in [-0.15, -0.1) is 11.3 Å². The van der Waals surface area contributed by atoms with Crippen LogP contribution in [0.4, 0.5) is 0 Å². The van der Waals surface area contributed by atoms with Crippen molar-refractivity contribution in [1.29, 1.82) is 0 Å². The molecular formula is C17H16OS. The molecule has 0 bridgehead atoms. The molecule has 0 spiro atoms. The zero-order chi connectivity index (χ0) is 13.4. The average Bonchev–Trinajstić information content (AvgIpc) is 2.77. The number of fused-ring (bicyclic) bond motifs is 1. The molecule has 0 N–H and O–H groups in total. The third-order valence-corrected chi connectivity index (χ3v) is 4.72. The van der Waals surface area contributed by atoms with Gasteiger partial charge in [-0.3, -0.25) is 0 Å². The van der Waals surface area contributed by atoms with Gasteiger partial charge in [-0.1, -0.05) is 24.3 Å². The molecular weight excluding hydrogens is 252 g/mol. The lowest BCUT2D eigenvalue weighted by atomic mass is 10.0. The SMILES string of the molecule is COc1ccc(-c2cc(C)c(C)s2)c2ccccc12. The van der Waals surface area contributed by atoms with Crippen LogP contribution in [0.15, 0.2) is 42.5 Å². The molecule has 0 radical (unpaired) electrons. The first-order valence-electron chi connectivity index (χ1n) is 6.34. The standard InChI is InChI=1S/C17H16OS/c1-11-10-17(19-12(11)2)15-8-9-16(18-3)14-7-5-4-6-13(14)15/h4-10H,1-3H3. The summed E-state index contributed by atoms with van der Waals surface area (Å²) in [6.07, 6.45) is 0. The van der Waals surface area contributed by atoms with Crippen LogP contribution in [-0.4, -0.2) is 7.11 Å². The lowest BCUT2D eigenvalue weighted by Gasteiger charge is -2.09. The molecule has 1 nitrogen and oxygen atoms in total. The van der Waals surface area contributed by atoms with Gasteiger partial charge in [-0.25, -0.2) is 0 Å². The second-order valence-corrected chi connectivity index (χ2v) is 5.97. The Balaban J connectivity index is 2.30. The van der Waals surface area contributed by atoms with Crippen molar-refractivity contribution in [3.05, 3.63) is 52.9 Å². The van der Waals surface area contributed by atoms with Crippen molar-refractivity contribution in [2.24, 2.45) is 0 Å². The van der Waals surface area contributed by atoms with Crippen LogP contribution >= 0.6 is 11.3 Å². The maximum absolute atomic E-state index is 5.45. The highest BCUT2D eigenvalue weighted by Crippen LogP contribution is 2.38. The van der Waals surface area contributed by atoms with Crippen LogP contribution in [0.2, 0.25) is 0 Å². The lowest BCUT2D eigenvalue weighted by molar-refractivity contribution is 0.420. The molecule has 0 amide bonds. The normalized spacial score (nSPS) is 10.9. The molecule has 2 aromatic carbocycles. The molecule has 3 rings (SSSR count). The van der Waals surface area contributed by atoms with E-state index in [9.17, 15) is 0 Å². The molecule has 2 heteroatoms. The number of rotatable bonds is 2. The summed E-state index contributed by atoms with van der Waals surface area (Å²) in [5.41, 5.74) is 2.65. The van der Waals surface area contributed by atoms with Gasteiger partial charge in [0.05, 0.1) is 7.11 Å². The number of aryl methyl sites for hydroxylation is 2. The molecule has 96 valence electrons. The second kappa shape index (κ2) is 4.71. The molecule has 3 aromatic rings. The Labute approximate surface area is 117 Å². The van der Waals surface area contributed by atoms with E-state index >= 15 is 0 Å². The summed E-state index contributed by atoms with van der Waals surface area (Å²) >= 11 is 1.85. The maximum Gasteiger partial charge on any atom is 0.126 e. The smallest absolute Gasteiger partial charge is 0.126 e. The molecule has 0 aliphatic rings. The summed E-state index contributed by atoms with van der Waals surface area (Å²) in [4.78, 5) is 2.71. The van der Waals surface area contributed by atoms with Crippen molar-refractivity contribution >= 4 is 22.1 Å². The van der Waals surface area contributed by atoms with Gasteiger partial charge < -0.3 is 4.74 Å². The minimum absolute atomic E-state index is 0.935. The second-order valence-electron chi connectivity index (χ2n) is 4.71. The number of hydrogen-bond donors (Lipinski definition) is 0. The Morgan fingerprint density at radius 2 is 1.68 bits per heavy atom. The third-order valence-electron chi connectivity index (χ3n) is 3.54. The number of methoxy groups -OCH3 is 1. The van der Waals surface area contributed by atoms with Gasteiger partial charge in [-0.2, -0.15) is 0 Å². The zero-order valence-corrected chi connectivity index (χ0v) is 12.2. The van der Waals surface area contributed by atoms with E-state index in [0.717, 1.165) is 5.75 Å². The van der Waals surface area contributed by atoms with Crippen LogP contribution < -0.4 is 4.74 Å². The fourth-order valence-corrected chi connectivity index (χ4v) is 3.44. The van der Waals surface area contributed by atoms with Gasteiger partial charge in [0.2, 0.25) is 0 Å². The van der Waals surface area contributed by atoms with Gasteiger partial charge in [0.25, 0.3) is 0 Å². The molecule has 1 aromatic heterocycles. The summed E-state index contributed by atoms with van der Waals surface area (Å²) in [6.45, 7) is 4.34. The van der Waals surface area contributed by atoms with Gasteiger partial charge in [-0.05, 0) is 48.6 Å². The largest absolute Gasteiger partial charge is 0.496 e. The summed E-state index contributed by atoms with van der Waals surface area (Å²) in [7, 11) is 1.72. The predicted octanol–water partition coefficient (Wildman–Crippen LogP) is 5.19. The van der Waals surface area contributed by atoms with Crippen LogP contribution in [-0.2, 0) is 0 Å². The Kier molecular flexibility index (Phi) is 3.03. The number of hydrogen-bond acceptors (Lipinski definition) is 2. The Morgan fingerprint density at radius 1 is 0.947 bits per heavy atom. The Hall–Kier alpha value is -1.80. The van der Waals surface area contributed by atoms with E-state index in [1.54, 1.807) is 7.11 Å². The Bertz CT molecular complexity index is 721. The number of benzene rings is 2. The quantitative estimate of drug-likeness (QED) is 0.621. The van der Waals surface area contributed by atoms with E-state index in [-0.39, 0.29) is 0 Å². The van der Waals surface area contributed by atoms with Crippen LogP contribution in [0.5, 0.6) is 5.75 Å². The van der Waals surface area contributed by atoms with E-state index in [1.807, 2.05) is 11.3 Å². The van der Waals surface area contributed by atoms with Crippen LogP contribution in [0, 0.1) is 13.8 Å². The van der Waals surface area contributed by atoms with Gasteiger partial charge >= 0.3 is 0 Å². The summed E-state index contributed by atoms with van der Waals surface area (Å²) in [5, 5.41) is 2.43. The van der Waals surface area contributed by atoms with E-state index in [1.165, 1.54) is 31.7 Å². The molecule has 0 unspecified atom stereocenters. The fraction of sp³-hybridized carbons (Fsp3) is 0.176. The van der Waals surface area contributed by atoms with Gasteiger partial charge in [0.1, 0.15) is 5.75 Å². The monoisotopic (exact) mass is 268 g/mol. The number of ether oxygens (including phenoxy) is 1. The summed E-state index contributed by atoms with van der Waals surface area (Å²) in [5.74, 6) is 0.935. The van der Waals surface area contributed by atoms with Gasteiger partial charge in [0.15, 0.2) is 0 Å². The maximum atomic E-state index is 5.45. The molecule has 0 saturated carbocycles. The summed E-state index contributed by atoms with van der Waals surface area (Å²) < 4.78 is 5.45. The summed E-state index contributed by atoms with van der Waals surface area (Å²) in [6, 6.07) is 14.9. The van der Waals surface area contributed by atoms with Crippen molar-refractivity contribution < 1.29 is 4.74 Å². The molecule has 0 saturated heterocycles. The van der Waals surface area contributed by atoms with Crippen molar-refractivity contribution in [2.45, 2.75) is 13.8 Å². The average molecular weight is 268 g/mol. The van der Waals surface area contributed by atoms with Crippen molar-refractivity contribution in [2.75, 3.05) is 7.11 Å². The third kappa shape index (κ3) is 2.02. The molecule has 1 heterocycles. The fourth-order valence-electron chi connectivity index (χ4n) is 2.37. The molecule has 0 aliphatic heterocycles. The molecule has 19 heavy (non-hydrogen) atoms. The van der Waals surface area contributed by atoms with Crippen LogP contribution in [0.25, 0.3) is 21.2 Å². The van der Waals surface area contributed by atoms with Crippen molar-refractivity contribution in [3.8, 4) is 16.2 Å². The highest BCUT2D eigenvalue weighted by atomic mass is 32.1. The highest BCUT2D eigenvalue weighted by molar-refractivity contribution is 7.15. The molecule has 0 fully saturated rings. The van der Waals surface area contributed by atoms with Crippen molar-refractivity contribution in [1.82, 2.24) is 0 Å². The minimum atomic E-state index is 0.935. The number of thiophene rings is 1. The Morgan fingerprint density at radius 3 is 2.32 bits per heavy atom. The predicted molar refractivity (Wildman–Crippen MR) is 83.3 cm³/mol. The van der Waals surface area contributed by atoms with Crippen molar-refractivity contribution in [3.63, 3.8) is 0 Å². The highest BCUT2D eigenvalue weighted by Gasteiger charge is 2.10. The first kappa shape index (κ1) is 12.2. The zero-order valence-electron chi connectivity index (χ0n) is 11.4.